The monoisotopic (exact) mass is 511 g/mol. The van der Waals surface area contributed by atoms with Gasteiger partial charge in [-0.15, -0.1) is 24.0 Å². The molecular formula is C21H34IN7. The first-order chi connectivity index (χ1) is 13.7. The van der Waals surface area contributed by atoms with Crippen molar-refractivity contribution in [2.75, 3.05) is 26.7 Å². The molecule has 0 amide bonds. The number of piperidine rings is 1. The Labute approximate surface area is 191 Å². The van der Waals surface area contributed by atoms with Crippen molar-refractivity contribution in [2.45, 2.75) is 52.1 Å². The predicted molar refractivity (Wildman–Crippen MR) is 129 cm³/mol. The van der Waals surface area contributed by atoms with E-state index in [4.69, 9.17) is 0 Å². The first-order valence-corrected chi connectivity index (χ1v) is 10.3. The average Bonchev–Trinajstić information content (AvgIpc) is 3.15. The molecule has 1 atom stereocenters. The lowest BCUT2D eigenvalue weighted by Crippen LogP contribution is -2.41. The largest absolute Gasteiger partial charge is 0.356 e. The maximum Gasteiger partial charge on any atom is 0.191 e. The van der Waals surface area contributed by atoms with Crippen molar-refractivity contribution in [3.8, 4) is 5.82 Å². The molecule has 2 N–H and O–H groups in total. The smallest absolute Gasteiger partial charge is 0.191 e. The number of aliphatic imine (C=N–C) groups is 1. The van der Waals surface area contributed by atoms with Crippen molar-refractivity contribution in [3.05, 3.63) is 42.1 Å². The van der Waals surface area contributed by atoms with Gasteiger partial charge in [-0.3, -0.25) is 9.56 Å². The summed E-state index contributed by atoms with van der Waals surface area (Å²) in [6.07, 6.45) is 10.8. The third kappa shape index (κ3) is 6.95. The van der Waals surface area contributed by atoms with Gasteiger partial charge < -0.3 is 15.5 Å². The molecule has 160 valence electrons. The van der Waals surface area contributed by atoms with E-state index in [1.165, 1.54) is 25.8 Å². The maximum absolute atomic E-state index is 4.54. The lowest BCUT2D eigenvalue weighted by molar-refractivity contribution is 0.159. The minimum absolute atomic E-state index is 0. The van der Waals surface area contributed by atoms with Gasteiger partial charge in [-0.1, -0.05) is 12.5 Å². The summed E-state index contributed by atoms with van der Waals surface area (Å²) in [5.74, 6) is 2.65. The highest BCUT2D eigenvalue weighted by molar-refractivity contribution is 14.0. The number of aryl methyl sites for hydroxylation is 1. The van der Waals surface area contributed by atoms with Crippen LogP contribution in [0.3, 0.4) is 0 Å². The van der Waals surface area contributed by atoms with Gasteiger partial charge in [-0.25, -0.2) is 9.97 Å². The van der Waals surface area contributed by atoms with Gasteiger partial charge in [-0.2, -0.15) is 0 Å². The molecule has 1 aliphatic rings. The molecule has 0 bridgehead atoms. The van der Waals surface area contributed by atoms with E-state index in [1.54, 1.807) is 6.20 Å². The molecule has 1 unspecified atom stereocenters. The summed E-state index contributed by atoms with van der Waals surface area (Å²) >= 11 is 0. The summed E-state index contributed by atoms with van der Waals surface area (Å²) in [5.41, 5.74) is 1.12. The van der Waals surface area contributed by atoms with E-state index >= 15 is 0 Å². The Morgan fingerprint density at radius 3 is 2.76 bits per heavy atom. The number of nitrogens with one attached hydrogen (secondary N) is 2. The predicted octanol–water partition coefficient (Wildman–Crippen LogP) is 3.12. The number of aromatic nitrogens is 3. The van der Waals surface area contributed by atoms with Gasteiger partial charge in [0.1, 0.15) is 11.6 Å². The first kappa shape index (κ1) is 23.6. The van der Waals surface area contributed by atoms with Gasteiger partial charge in [0.25, 0.3) is 0 Å². The molecule has 0 aromatic carbocycles. The minimum Gasteiger partial charge on any atom is -0.356 e. The Balaban J connectivity index is 0.00000300. The minimum atomic E-state index is 0. The van der Waals surface area contributed by atoms with Crippen molar-refractivity contribution < 1.29 is 0 Å². The van der Waals surface area contributed by atoms with Crippen LogP contribution in [0.4, 0.5) is 0 Å². The van der Waals surface area contributed by atoms with Crippen LogP contribution in [0.5, 0.6) is 0 Å². The lowest BCUT2D eigenvalue weighted by Gasteiger charge is -2.33. The van der Waals surface area contributed by atoms with Crippen molar-refractivity contribution in [3.63, 3.8) is 0 Å². The van der Waals surface area contributed by atoms with E-state index in [2.05, 4.69) is 43.5 Å². The summed E-state index contributed by atoms with van der Waals surface area (Å²) in [7, 11) is 1.81. The molecule has 0 saturated carbocycles. The molecule has 3 rings (SSSR count). The summed E-state index contributed by atoms with van der Waals surface area (Å²) in [6, 6.07) is 4.83. The Hall–Kier alpha value is -1.68. The van der Waals surface area contributed by atoms with Gasteiger partial charge in [0.05, 0.1) is 0 Å². The van der Waals surface area contributed by atoms with Crippen molar-refractivity contribution in [1.82, 2.24) is 30.1 Å². The number of halogens is 1. The Bertz CT molecular complexity index is 757. The third-order valence-electron chi connectivity index (χ3n) is 5.42. The number of rotatable bonds is 7. The third-order valence-corrected chi connectivity index (χ3v) is 5.42. The number of imidazole rings is 1. The molecule has 1 saturated heterocycles. The van der Waals surface area contributed by atoms with E-state index in [1.807, 2.05) is 37.0 Å². The van der Waals surface area contributed by atoms with Gasteiger partial charge in [0.15, 0.2) is 5.96 Å². The quantitative estimate of drug-likeness (QED) is 0.259. The van der Waals surface area contributed by atoms with E-state index < -0.39 is 0 Å². The Kier molecular flexibility index (Phi) is 9.86. The molecule has 1 aliphatic heterocycles. The first-order valence-electron chi connectivity index (χ1n) is 10.3. The summed E-state index contributed by atoms with van der Waals surface area (Å²) in [6.45, 7) is 8.35. The van der Waals surface area contributed by atoms with Crippen LogP contribution in [-0.2, 0) is 6.54 Å². The SMILES string of the molecule is CN=C(NCCCN1CCCCC1C)NCc1ccc(-n2ccnc2C)nc1.I. The molecule has 29 heavy (non-hydrogen) atoms. The molecule has 0 radical (unpaired) electrons. The lowest BCUT2D eigenvalue weighted by atomic mass is 10.0. The number of nitrogens with zero attached hydrogens (tertiary/aromatic N) is 5. The number of hydrogen-bond acceptors (Lipinski definition) is 4. The van der Waals surface area contributed by atoms with E-state index in [-0.39, 0.29) is 24.0 Å². The highest BCUT2D eigenvalue weighted by atomic mass is 127. The van der Waals surface area contributed by atoms with Gasteiger partial charge in [-0.05, 0) is 51.3 Å². The van der Waals surface area contributed by atoms with Crippen molar-refractivity contribution in [2.24, 2.45) is 4.99 Å². The fraction of sp³-hybridized carbons (Fsp3) is 0.571. The van der Waals surface area contributed by atoms with Gasteiger partial charge >= 0.3 is 0 Å². The standard InChI is InChI=1S/C21H33N7.HI/c1-17-7-4-5-12-27(17)13-6-10-24-21(22-3)26-16-19-8-9-20(25-15-19)28-14-11-23-18(28)2;/h8-9,11,14-15,17H,4-7,10,12-13,16H2,1-3H3,(H2,22,24,26);1H. The number of pyridine rings is 1. The molecule has 0 aliphatic carbocycles. The fourth-order valence-corrected chi connectivity index (χ4v) is 3.67. The van der Waals surface area contributed by atoms with Crippen LogP contribution < -0.4 is 10.6 Å². The van der Waals surface area contributed by atoms with Crippen LogP contribution in [0.1, 0.15) is 44.0 Å². The number of likely N-dealkylation sites (tertiary alicyclic amines) is 1. The Morgan fingerprint density at radius 2 is 2.10 bits per heavy atom. The van der Waals surface area contributed by atoms with E-state index in [0.29, 0.717) is 6.54 Å². The summed E-state index contributed by atoms with van der Waals surface area (Å²) in [5, 5.41) is 6.78. The molecule has 0 spiro atoms. The summed E-state index contributed by atoms with van der Waals surface area (Å²) < 4.78 is 1.97. The van der Waals surface area contributed by atoms with Crippen LogP contribution >= 0.6 is 24.0 Å². The molecule has 8 heteroatoms. The molecule has 2 aromatic heterocycles. The fourth-order valence-electron chi connectivity index (χ4n) is 3.67. The van der Waals surface area contributed by atoms with Crippen LogP contribution in [0.2, 0.25) is 0 Å². The maximum atomic E-state index is 4.54. The second kappa shape index (κ2) is 12.1. The normalized spacial score (nSPS) is 17.6. The van der Waals surface area contributed by atoms with Gasteiger partial charge in [0.2, 0.25) is 0 Å². The van der Waals surface area contributed by atoms with Crippen LogP contribution in [0.25, 0.3) is 5.82 Å². The number of hydrogen-bond donors (Lipinski definition) is 2. The second-order valence-corrected chi connectivity index (χ2v) is 7.46. The molecule has 1 fully saturated rings. The average molecular weight is 511 g/mol. The van der Waals surface area contributed by atoms with Crippen LogP contribution in [0, 0.1) is 6.92 Å². The zero-order valence-electron chi connectivity index (χ0n) is 17.8. The number of guanidine groups is 1. The van der Waals surface area contributed by atoms with Crippen molar-refractivity contribution in [1.29, 1.82) is 0 Å². The molecular weight excluding hydrogens is 477 g/mol. The second-order valence-electron chi connectivity index (χ2n) is 7.46. The van der Waals surface area contributed by atoms with E-state index in [9.17, 15) is 0 Å². The highest BCUT2D eigenvalue weighted by Crippen LogP contribution is 2.16. The molecule has 3 heterocycles. The van der Waals surface area contributed by atoms with Gasteiger partial charge in [0, 0.05) is 51.3 Å². The van der Waals surface area contributed by atoms with Crippen LogP contribution in [0.15, 0.2) is 35.7 Å². The summed E-state index contributed by atoms with van der Waals surface area (Å²) in [4.78, 5) is 15.7. The zero-order valence-corrected chi connectivity index (χ0v) is 20.1. The van der Waals surface area contributed by atoms with E-state index in [0.717, 1.165) is 48.7 Å². The topological polar surface area (TPSA) is 70.4 Å². The zero-order chi connectivity index (χ0) is 19.8. The van der Waals surface area contributed by atoms with Crippen molar-refractivity contribution >= 4 is 29.9 Å². The Morgan fingerprint density at radius 1 is 1.24 bits per heavy atom. The molecule has 7 nitrogen and oxygen atoms in total. The highest BCUT2D eigenvalue weighted by Gasteiger charge is 2.17. The van der Waals surface area contributed by atoms with Crippen LogP contribution in [-0.4, -0.2) is 58.1 Å². The molecule has 2 aromatic rings.